The maximum atomic E-state index is 12.2. The molecule has 0 aromatic heterocycles. The lowest BCUT2D eigenvalue weighted by atomic mass is 9.86. The Morgan fingerprint density at radius 1 is 1.38 bits per heavy atom. The van der Waals surface area contributed by atoms with Gasteiger partial charge in [-0.15, -0.1) is 0 Å². The molecule has 3 nitrogen and oxygen atoms in total. The van der Waals surface area contributed by atoms with E-state index in [9.17, 15) is 4.79 Å². The fraction of sp³-hybridized carbons (Fsp3) is 0.462. The molecule has 0 bridgehead atoms. The fourth-order valence-electron chi connectivity index (χ4n) is 1.75. The van der Waals surface area contributed by atoms with E-state index in [4.69, 9.17) is 4.74 Å². The monoisotopic (exact) mass is 219 g/mol. The molecule has 1 aliphatic heterocycles. The molecule has 1 aliphatic rings. The molecule has 0 radical (unpaired) electrons. The topological polar surface area (TPSA) is 38.3 Å². The minimum Gasteiger partial charge on any atom is -0.489 e. The number of nitrogens with one attached hydrogen (secondary N) is 1. The van der Waals surface area contributed by atoms with Gasteiger partial charge in [-0.05, 0) is 12.1 Å². The zero-order chi connectivity index (χ0) is 11.8. The molecule has 0 atom stereocenters. The number of fused-ring (bicyclic) bond motifs is 1. The summed E-state index contributed by atoms with van der Waals surface area (Å²) in [7, 11) is 0. The number of rotatable bonds is 1. The van der Waals surface area contributed by atoms with Gasteiger partial charge in [0.25, 0.3) is 0 Å². The van der Waals surface area contributed by atoms with Gasteiger partial charge in [-0.2, -0.15) is 0 Å². The first-order chi connectivity index (χ1) is 7.50. The van der Waals surface area contributed by atoms with Crippen molar-refractivity contribution in [1.82, 2.24) is 0 Å². The predicted molar refractivity (Wildman–Crippen MR) is 64.2 cm³/mol. The van der Waals surface area contributed by atoms with Crippen LogP contribution in [0.2, 0.25) is 0 Å². The van der Waals surface area contributed by atoms with E-state index in [1.165, 1.54) is 0 Å². The highest BCUT2D eigenvalue weighted by molar-refractivity contribution is 6.03. The van der Waals surface area contributed by atoms with Gasteiger partial charge in [0.15, 0.2) is 11.5 Å². The van der Waals surface area contributed by atoms with Crippen molar-refractivity contribution in [2.45, 2.75) is 20.8 Å². The number of Topliss-reactive ketones (excluding diaryl/α,β-unsaturated/α-hetero) is 1. The van der Waals surface area contributed by atoms with Crippen molar-refractivity contribution in [1.29, 1.82) is 0 Å². The Bertz CT molecular complexity index is 418. The molecule has 0 fully saturated rings. The second-order valence-electron chi connectivity index (χ2n) is 5.04. The van der Waals surface area contributed by atoms with Gasteiger partial charge in [0.05, 0.1) is 11.3 Å². The van der Waals surface area contributed by atoms with Crippen molar-refractivity contribution in [3.05, 3.63) is 23.8 Å². The average Bonchev–Trinajstić information content (AvgIpc) is 2.26. The number of para-hydroxylation sites is 1. The van der Waals surface area contributed by atoms with Gasteiger partial charge in [-0.1, -0.05) is 26.8 Å². The zero-order valence-corrected chi connectivity index (χ0v) is 9.96. The fourth-order valence-corrected chi connectivity index (χ4v) is 1.75. The SMILES string of the molecule is CC(C)(C)C(=O)c1cccc2c1OCCN2. The Morgan fingerprint density at radius 2 is 2.12 bits per heavy atom. The second-order valence-corrected chi connectivity index (χ2v) is 5.04. The summed E-state index contributed by atoms with van der Waals surface area (Å²) in [5.74, 6) is 0.821. The number of hydrogen-bond donors (Lipinski definition) is 1. The van der Waals surface area contributed by atoms with Crippen LogP contribution in [0.5, 0.6) is 5.75 Å². The van der Waals surface area contributed by atoms with E-state index in [2.05, 4.69) is 5.32 Å². The molecule has 3 heteroatoms. The highest BCUT2D eigenvalue weighted by Gasteiger charge is 2.27. The van der Waals surface area contributed by atoms with E-state index in [-0.39, 0.29) is 11.2 Å². The molecule has 0 unspecified atom stereocenters. The molecular formula is C13H17NO2. The first kappa shape index (κ1) is 11.0. The van der Waals surface area contributed by atoms with Crippen molar-refractivity contribution >= 4 is 11.5 Å². The summed E-state index contributed by atoms with van der Waals surface area (Å²) in [6.07, 6.45) is 0. The Morgan fingerprint density at radius 3 is 2.81 bits per heavy atom. The average molecular weight is 219 g/mol. The molecule has 1 heterocycles. The third kappa shape index (κ3) is 1.90. The second kappa shape index (κ2) is 3.81. The van der Waals surface area contributed by atoms with Gasteiger partial charge >= 0.3 is 0 Å². The van der Waals surface area contributed by atoms with Crippen LogP contribution in [0, 0.1) is 5.41 Å². The molecule has 0 amide bonds. The normalized spacial score (nSPS) is 14.7. The molecule has 0 spiro atoms. The van der Waals surface area contributed by atoms with Crippen molar-refractivity contribution in [2.75, 3.05) is 18.5 Å². The summed E-state index contributed by atoms with van der Waals surface area (Å²) in [6, 6.07) is 5.66. The smallest absolute Gasteiger partial charge is 0.171 e. The van der Waals surface area contributed by atoms with Gasteiger partial charge in [0.1, 0.15) is 6.61 Å². The van der Waals surface area contributed by atoms with Crippen LogP contribution >= 0.6 is 0 Å². The van der Waals surface area contributed by atoms with Crippen LogP contribution in [0.15, 0.2) is 18.2 Å². The molecule has 1 aromatic carbocycles. The lowest BCUT2D eigenvalue weighted by Gasteiger charge is -2.24. The van der Waals surface area contributed by atoms with Crippen LogP contribution in [0.4, 0.5) is 5.69 Å². The maximum absolute atomic E-state index is 12.2. The summed E-state index contributed by atoms with van der Waals surface area (Å²) in [4.78, 5) is 12.2. The van der Waals surface area contributed by atoms with Crippen molar-refractivity contribution in [3.63, 3.8) is 0 Å². The van der Waals surface area contributed by atoms with E-state index >= 15 is 0 Å². The Kier molecular flexibility index (Phi) is 2.62. The summed E-state index contributed by atoms with van der Waals surface area (Å²) in [5, 5.41) is 3.23. The van der Waals surface area contributed by atoms with Gasteiger partial charge in [0, 0.05) is 12.0 Å². The summed E-state index contributed by atoms with van der Waals surface area (Å²) in [5.41, 5.74) is 1.22. The standard InChI is InChI=1S/C13H17NO2/c1-13(2,3)12(15)9-5-4-6-10-11(9)16-8-7-14-10/h4-6,14H,7-8H2,1-3H3. The van der Waals surface area contributed by atoms with E-state index < -0.39 is 0 Å². The predicted octanol–water partition coefficient (Wildman–Crippen LogP) is 2.72. The van der Waals surface area contributed by atoms with Crippen molar-refractivity contribution in [2.24, 2.45) is 5.41 Å². The Labute approximate surface area is 95.8 Å². The summed E-state index contributed by atoms with van der Waals surface area (Å²) in [6.45, 7) is 7.17. The lowest BCUT2D eigenvalue weighted by Crippen LogP contribution is -2.24. The van der Waals surface area contributed by atoms with E-state index in [1.807, 2.05) is 39.0 Å². The first-order valence-electron chi connectivity index (χ1n) is 5.54. The summed E-state index contributed by atoms with van der Waals surface area (Å²) < 4.78 is 5.59. The maximum Gasteiger partial charge on any atom is 0.171 e. The van der Waals surface area contributed by atoms with Gasteiger partial charge in [0.2, 0.25) is 0 Å². The number of ketones is 1. The van der Waals surface area contributed by atoms with E-state index in [1.54, 1.807) is 0 Å². The van der Waals surface area contributed by atoms with Crippen LogP contribution in [-0.4, -0.2) is 18.9 Å². The lowest BCUT2D eigenvalue weighted by molar-refractivity contribution is 0.0854. The zero-order valence-electron chi connectivity index (χ0n) is 9.96. The number of hydrogen-bond acceptors (Lipinski definition) is 3. The van der Waals surface area contributed by atoms with Crippen LogP contribution in [0.1, 0.15) is 31.1 Å². The van der Waals surface area contributed by atoms with E-state index in [0.29, 0.717) is 17.9 Å². The van der Waals surface area contributed by atoms with Gasteiger partial charge < -0.3 is 10.1 Å². The third-order valence-corrected chi connectivity index (χ3v) is 2.60. The molecule has 1 aromatic rings. The number of ether oxygens (including phenoxy) is 1. The number of carbonyl (C=O) groups is 1. The number of benzene rings is 1. The van der Waals surface area contributed by atoms with Crippen LogP contribution < -0.4 is 10.1 Å². The molecule has 86 valence electrons. The molecule has 2 rings (SSSR count). The van der Waals surface area contributed by atoms with Crippen molar-refractivity contribution in [3.8, 4) is 5.75 Å². The highest BCUT2D eigenvalue weighted by atomic mass is 16.5. The van der Waals surface area contributed by atoms with Crippen molar-refractivity contribution < 1.29 is 9.53 Å². The molecule has 0 saturated carbocycles. The van der Waals surface area contributed by atoms with Gasteiger partial charge in [-0.25, -0.2) is 0 Å². The molecule has 0 aliphatic carbocycles. The van der Waals surface area contributed by atoms with Gasteiger partial charge in [-0.3, -0.25) is 4.79 Å². The molecule has 0 saturated heterocycles. The molecular weight excluding hydrogens is 202 g/mol. The quantitative estimate of drug-likeness (QED) is 0.738. The molecule has 1 N–H and O–H groups in total. The molecule has 16 heavy (non-hydrogen) atoms. The largest absolute Gasteiger partial charge is 0.489 e. The van der Waals surface area contributed by atoms with Crippen LogP contribution in [0.3, 0.4) is 0 Å². The van der Waals surface area contributed by atoms with Crippen LogP contribution in [0.25, 0.3) is 0 Å². The third-order valence-electron chi connectivity index (χ3n) is 2.60. The van der Waals surface area contributed by atoms with Crippen LogP contribution in [-0.2, 0) is 0 Å². The number of carbonyl (C=O) groups excluding carboxylic acids is 1. The highest BCUT2D eigenvalue weighted by Crippen LogP contribution is 2.34. The summed E-state index contributed by atoms with van der Waals surface area (Å²) >= 11 is 0. The Hall–Kier alpha value is -1.51. The van der Waals surface area contributed by atoms with E-state index in [0.717, 1.165) is 12.2 Å². The minimum atomic E-state index is -0.379. The Balaban J connectivity index is 2.46. The number of anilines is 1. The first-order valence-corrected chi connectivity index (χ1v) is 5.54. The minimum absolute atomic E-state index is 0.119.